The molecule has 2 saturated heterocycles. The SMILES string of the molecule is O=C(C[C@@H]1CCN2C[C@@H]1CCCOc1ccccc1CN(Cc1ccccc1O)CC2=O)N1CCOCC1. The first-order valence-electron chi connectivity index (χ1n) is 13.9. The number of para-hydroxylation sites is 2. The van der Waals surface area contributed by atoms with E-state index in [9.17, 15) is 14.7 Å². The van der Waals surface area contributed by atoms with E-state index < -0.39 is 0 Å². The Morgan fingerprint density at radius 1 is 0.947 bits per heavy atom. The number of amides is 2. The van der Waals surface area contributed by atoms with Gasteiger partial charge in [-0.05, 0) is 43.2 Å². The van der Waals surface area contributed by atoms with Crippen molar-refractivity contribution in [1.29, 1.82) is 0 Å². The predicted octanol–water partition coefficient (Wildman–Crippen LogP) is 3.28. The summed E-state index contributed by atoms with van der Waals surface area (Å²) in [5, 5.41) is 10.4. The molecule has 2 aromatic carbocycles. The number of piperidine rings is 1. The minimum absolute atomic E-state index is 0.0982. The van der Waals surface area contributed by atoms with E-state index >= 15 is 0 Å². The number of ether oxygens (including phenoxy) is 2. The average molecular weight is 522 g/mol. The summed E-state index contributed by atoms with van der Waals surface area (Å²) >= 11 is 0. The fraction of sp³-hybridized carbons (Fsp3) is 0.533. The van der Waals surface area contributed by atoms with Crippen LogP contribution in [0.5, 0.6) is 11.5 Å². The first kappa shape index (κ1) is 26.5. The number of hydrogen-bond acceptors (Lipinski definition) is 6. The molecule has 2 amide bonds. The predicted molar refractivity (Wildman–Crippen MR) is 144 cm³/mol. The molecule has 8 heteroatoms. The van der Waals surface area contributed by atoms with Crippen molar-refractivity contribution < 1.29 is 24.2 Å². The Kier molecular flexibility index (Phi) is 8.81. The van der Waals surface area contributed by atoms with E-state index in [1.54, 1.807) is 12.1 Å². The number of rotatable bonds is 4. The number of phenols is 1. The number of benzene rings is 2. The van der Waals surface area contributed by atoms with Crippen molar-refractivity contribution in [3.8, 4) is 11.5 Å². The van der Waals surface area contributed by atoms with Gasteiger partial charge in [-0.25, -0.2) is 0 Å². The van der Waals surface area contributed by atoms with Crippen molar-refractivity contribution in [3.05, 3.63) is 59.7 Å². The Morgan fingerprint density at radius 3 is 2.58 bits per heavy atom. The van der Waals surface area contributed by atoms with Crippen molar-refractivity contribution in [2.75, 3.05) is 52.5 Å². The zero-order valence-corrected chi connectivity index (χ0v) is 22.1. The number of nitrogens with zero attached hydrogens (tertiary/aromatic N) is 3. The number of fused-ring (bicyclic) bond motifs is 3. The number of hydrogen-bond donors (Lipinski definition) is 1. The normalized spacial score (nSPS) is 23.4. The fourth-order valence-electron chi connectivity index (χ4n) is 5.96. The molecule has 0 unspecified atom stereocenters. The number of phenolic OH excluding ortho intramolecular Hbond substituents is 1. The molecule has 204 valence electrons. The van der Waals surface area contributed by atoms with E-state index in [-0.39, 0.29) is 35.9 Å². The van der Waals surface area contributed by atoms with E-state index in [0.29, 0.717) is 65.5 Å². The third kappa shape index (κ3) is 6.66. The summed E-state index contributed by atoms with van der Waals surface area (Å²) in [7, 11) is 0. The Morgan fingerprint density at radius 2 is 1.74 bits per heavy atom. The second-order valence-corrected chi connectivity index (χ2v) is 10.7. The van der Waals surface area contributed by atoms with Crippen molar-refractivity contribution in [3.63, 3.8) is 0 Å². The van der Waals surface area contributed by atoms with Crippen molar-refractivity contribution in [2.45, 2.75) is 38.8 Å². The van der Waals surface area contributed by atoms with Gasteiger partial charge in [0.15, 0.2) is 0 Å². The van der Waals surface area contributed by atoms with Gasteiger partial charge in [0.25, 0.3) is 0 Å². The van der Waals surface area contributed by atoms with Crippen LogP contribution in [0.2, 0.25) is 0 Å². The molecule has 0 aromatic heterocycles. The Bertz CT molecular complexity index is 1100. The van der Waals surface area contributed by atoms with Crippen LogP contribution in [0.25, 0.3) is 0 Å². The van der Waals surface area contributed by atoms with E-state index in [1.807, 2.05) is 46.2 Å². The highest BCUT2D eigenvalue weighted by Crippen LogP contribution is 2.32. The Hall–Kier alpha value is -3.10. The second kappa shape index (κ2) is 12.6. The minimum atomic E-state index is 0.0982. The first-order valence-corrected chi connectivity index (χ1v) is 13.9. The van der Waals surface area contributed by atoms with E-state index in [4.69, 9.17) is 9.47 Å². The minimum Gasteiger partial charge on any atom is -0.508 e. The van der Waals surface area contributed by atoms with Gasteiger partial charge in [0.1, 0.15) is 11.5 Å². The van der Waals surface area contributed by atoms with Crippen LogP contribution in [0.3, 0.4) is 0 Å². The summed E-state index contributed by atoms with van der Waals surface area (Å²) in [6.07, 6.45) is 3.18. The highest BCUT2D eigenvalue weighted by atomic mass is 16.5. The van der Waals surface area contributed by atoms with E-state index in [0.717, 1.165) is 36.1 Å². The number of morpholine rings is 1. The molecule has 38 heavy (non-hydrogen) atoms. The van der Waals surface area contributed by atoms with Crippen LogP contribution in [-0.4, -0.2) is 84.2 Å². The maximum Gasteiger partial charge on any atom is 0.236 e. The molecular weight excluding hydrogens is 482 g/mol. The molecule has 0 radical (unpaired) electrons. The molecule has 1 N–H and O–H groups in total. The summed E-state index contributed by atoms with van der Waals surface area (Å²) in [6, 6.07) is 15.3. The standard InChI is InChI=1S/C30H39N3O5/c34-27-9-3-1-6-25(27)19-31-20-26-7-2-4-10-28(26)38-15-5-8-24-21-33(30(36)22-31)12-11-23(24)18-29(35)32-13-16-37-17-14-32/h1-4,6-7,9-10,23-24,34H,5,8,11-22H2/t23-,24-/m0/s1. The largest absolute Gasteiger partial charge is 0.508 e. The van der Waals surface area contributed by atoms with Crippen LogP contribution in [0.4, 0.5) is 0 Å². The molecule has 0 saturated carbocycles. The topological polar surface area (TPSA) is 82.6 Å². The van der Waals surface area contributed by atoms with Gasteiger partial charge in [0.05, 0.1) is 26.4 Å². The Balaban J connectivity index is 1.33. The zero-order chi connectivity index (χ0) is 26.3. The van der Waals surface area contributed by atoms with E-state index in [2.05, 4.69) is 4.90 Å². The average Bonchev–Trinajstić information content (AvgIpc) is 2.94. The van der Waals surface area contributed by atoms with Crippen molar-refractivity contribution in [1.82, 2.24) is 14.7 Å². The van der Waals surface area contributed by atoms with Gasteiger partial charge in [-0.15, -0.1) is 0 Å². The molecule has 0 aliphatic carbocycles. The summed E-state index contributed by atoms with van der Waals surface area (Å²) in [6.45, 7) is 5.77. The third-order valence-corrected chi connectivity index (χ3v) is 8.13. The summed E-state index contributed by atoms with van der Waals surface area (Å²) in [5.41, 5.74) is 1.82. The van der Waals surface area contributed by atoms with Crippen molar-refractivity contribution >= 4 is 11.8 Å². The van der Waals surface area contributed by atoms with Crippen LogP contribution in [0.1, 0.15) is 36.8 Å². The number of carbonyl (C=O) groups is 2. The highest BCUT2D eigenvalue weighted by Gasteiger charge is 2.34. The molecule has 3 aliphatic heterocycles. The highest BCUT2D eigenvalue weighted by molar-refractivity contribution is 5.79. The van der Waals surface area contributed by atoms with Gasteiger partial charge in [-0.2, -0.15) is 0 Å². The van der Waals surface area contributed by atoms with Gasteiger partial charge >= 0.3 is 0 Å². The monoisotopic (exact) mass is 521 g/mol. The molecule has 2 fully saturated rings. The van der Waals surface area contributed by atoms with Gasteiger partial charge in [-0.1, -0.05) is 36.4 Å². The summed E-state index contributed by atoms with van der Waals surface area (Å²) in [4.78, 5) is 32.6. The quantitative estimate of drug-likeness (QED) is 0.665. The maximum absolute atomic E-state index is 13.6. The van der Waals surface area contributed by atoms with Crippen LogP contribution in [0, 0.1) is 11.8 Å². The van der Waals surface area contributed by atoms with Crippen LogP contribution in [0.15, 0.2) is 48.5 Å². The lowest BCUT2D eigenvalue weighted by Gasteiger charge is -2.40. The van der Waals surface area contributed by atoms with Crippen LogP contribution >= 0.6 is 0 Å². The molecule has 8 nitrogen and oxygen atoms in total. The lowest BCUT2D eigenvalue weighted by atomic mass is 9.80. The van der Waals surface area contributed by atoms with Gasteiger partial charge in [0.2, 0.25) is 11.8 Å². The number of aromatic hydroxyl groups is 1. The van der Waals surface area contributed by atoms with Gasteiger partial charge in [0, 0.05) is 56.8 Å². The van der Waals surface area contributed by atoms with Crippen LogP contribution < -0.4 is 4.74 Å². The Labute approximate surface area is 225 Å². The maximum atomic E-state index is 13.6. The molecule has 3 aliphatic rings. The van der Waals surface area contributed by atoms with Crippen LogP contribution in [-0.2, 0) is 27.4 Å². The summed E-state index contributed by atoms with van der Waals surface area (Å²) in [5.74, 6) is 1.91. The van der Waals surface area contributed by atoms with Gasteiger partial charge in [-0.3, -0.25) is 14.5 Å². The molecule has 3 heterocycles. The second-order valence-electron chi connectivity index (χ2n) is 10.7. The molecule has 0 spiro atoms. The molecule has 5 rings (SSSR count). The summed E-state index contributed by atoms with van der Waals surface area (Å²) < 4.78 is 11.6. The molecular formula is C30H39N3O5. The number of carbonyl (C=O) groups excluding carboxylic acids is 2. The lowest BCUT2D eigenvalue weighted by Crippen LogP contribution is -2.49. The van der Waals surface area contributed by atoms with Gasteiger partial charge < -0.3 is 24.4 Å². The third-order valence-electron chi connectivity index (χ3n) is 8.13. The molecule has 2 aromatic rings. The van der Waals surface area contributed by atoms with E-state index in [1.165, 1.54) is 0 Å². The molecule has 2 atom stereocenters. The fourth-order valence-corrected chi connectivity index (χ4v) is 5.96. The smallest absolute Gasteiger partial charge is 0.236 e. The first-order chi connectivity index (χ1) is 18.6. The van der Waals surface area contributed by atoms with Crippen molar-refractivity contribution in [2.24, 2.45) is 11.8 Å². The lowest BCUT2D eigenvalue weighted by molar-refractivity contribution is -0.139. The zero-order valence-electron chi connectivity index (χ0n) is 22.1. The molecule has 2 bridgehead atoms.